The maximum absolute atomic E-state index is 14.8. The van der Waals surface area contributed by atoms with E-state index >= 15 is 0 Å². The van der Waals surface area contributed by atoms with Crippen LogP contribution in [0.4, 0.5) is 23.7 Å². The molecular weight excluding hydrogens is 435 g/mol. The smallest absolute Gasteiger partial charge is 0.322 e. The molecule has 33 heavy (non-hydrogen) atoms. The predicted octanol–water partition coefficient (Wildman–Crippen LogP) is 3.88. The van der Waals surface area contributed by atoms with Crippen LogP contribution < -0.4 is 15.0 Å². The van der Waals surface area contributed by atoms with Crippen molar-refractivity contribution in [3.05, 3.63) is 65.2 Å². The minimum Gasteiger partial charge on any atom is -0.497 e. The predicted molar refractivity (Wildman–Crippen MR) is 118 cm³/mol. The number of nitrogens with zero attached hydrogens (tertiary/aromatic N) is 3. The quantitative estimate of drug-likeness (QED) is 0.587. The highest BCUT2D eigenvalue weighted by Crippen LogP contribution is 2.35. The maximum atomic E-state index is 14.8. The highest BCUT2D eigenvalue weighted by molar-refractivity contribution is 5.95. The molecule has 2 N–H and O–H groups in total. The van der Waals surface area contributed by atoms with Crippen molar-refractivity contribution in [2.75, 3.05) is 39.2 Å². The standard InChI is InChI=1S/C23H24F3N5O2/c1-30(2)12-20(14-6-15(24)9-16(7-14)33-3)28-23(32)31-5-4-13-8-17(19(25)10-21(13)31)18-11-27-29-22(18)26/h6-11,20H,4-5,12H2,1-3H3,(H,27,29)(H,28,32). The van der Waals surface area contributed by atoms with Gasteiger partial charge in [0.1, 0.15) is 17.4 Å². The Hall–Kier alpha value is -3.53. The van der Waals surface area contributed by atoms with Crippen molar-refractivity contribution < 1.29 is 22.7 Å². The number of carbonyl (C=O) groups is 1. The number of benzene rings is 2. The fourth-order valence-corrected chi connectivity index (χ4v) is 4.02. The first kappa shape index (κ1) is 22.7. The summed E-state index contributed by atoms with van der Waals surface area (Å²) in [4.78, 5) is 16.5. The number of carbonyl (C=O) groups excluding carboxylic acids is 1. The molecule has 0 saturated heterocycles. The van der Waals surface area contributed by atoms with E-state index in [-0.39, 0.29) is 11.1 Å². The van der Waals surface area contributed by atoms with Gasteiger partial charge in [0.15, 0.2) is 0 Å². The number of urea groups is 1. The largest absolute Gasteiger partial charge is 0.497 e. The molecule has 10 heteroatoms. The van der Waals surface area contributed by atoms with Gasteiger partial charge in [-0.3, -0.25) is 10.00 Å². The molecule has 2 amide bonds. The summed E-state index contributed by atoms with van der Waals surface area (Å²) in [5.41, 5.74) is 1.80. The number of amides is 2. The Balaban J connectivity index is 1.60. The monoisotopic (exact) mass is 459 g/mol. The van der Waals surface area contributed by atoms with Crippen LogP contribution >= 0.6 is 0 Å². The zero-order valence-corrected chi connectivity index (χ0v) is 18.5. The number of fused-ring (bicyclic) bond motifs is 1. The highest BCUT2D eigenvalue weighted by Gasteiger charge is 2.29. The maximum Gasteiger partial charge on any atom is 0.322 e. The number of hydrogen-bond acceptors (Lipinski definition) is 4. The molecule has 0 radical (unpaired) electrons. The lowest BCUT2D eigenvalue weighted by atomic mass is 10.0. The summed E-state index contributed by atoms with van der Waals surface area (Å²) in [5, 5.41) is 8.68. The summed E-state index contributed by atoms with van der Waals surface area (Å²) in [5.74, 6) is -1.52. The van der Waals surface area contributed by atoms with Crippen LogP contribution in [0.1, 0.15) is 17.2 Å². The van der Waals surface area contributed by atoms with E-state index in [9.17, 15) is 18.0 Å². The van der Waals surface area contributed by atoms with E-state index in [1.807, 2.05) is 19.0 Å². The van der Waals surface area contributed by atoms with Crippen LogP contribution in [0, 0.1) is 17.6 Å². The minimum atomic E-state index is -0.724. The number of H-pyrrole nitrogens is 1. The van der Waals surface area contributed by atoms with Gasteiger partial charge in [-0.1, -0.05) is 0 Å². The molecular formula is C23H24F3N5O2. The van der Waals surface area contributed by atoms with Gasteiger partial charge in [0.25, 0.3) is 0 Å². The summed E-state index contributed by atoms with van der Waals surface area (Å²) in [6, 6.07) is 6.08. The second kappa shape index (κ2) is 9.14. The number of ether oxygens (including phenoxy) is 1. The molecule has 0 fully saturated rings. The average molecular weight is 459 g/mol. The lowest BCUT2D eigenvalue weighted by Gasteiger charge is -2.26. The van der Waals surface area contributed by atoms with Gasteiger partial charge in [-0.2, -0.15) is 9.49 Å². The van der Waals surface area contributed by atoms with Gasteiger partial charge in [0.05, 0.1) is 30.6 Å². The lowest BCUT2D eigenvalue weighted by Crippen LogP contribution is -2.43. The zero-order valence-electron chi connectivity index (χ0n) is 18.5. The normalized spacial score (nSPS) is 13.8. The Labute approximate surface area is 189 Å². The van der Waals surface area contributed by atoms with Gasteiger partial charge in [-0.25, -0.2) is 13.6 Å². The summed E-state index contributed by atoms with van der Waals surface area (Å²) in [6.07, 6.45) is 1.71. The second-order valence-corrected chi connectivity index (χ2v) is 8.15. The van der Waals surface area contributed by atoms with E-state index in [2.05, 4.69) is 15.5 Å². The van der Waals surface area contributed by atoms with Crippen LogP contribution in [0.2, 0.25) is 0 Å². The van der Waals surface area contributed by atoms with Crippen molar-refractivity contribution in [1.29, 1.82) is 0 Å². The first-order valence-electron chi connectivity index (χ1n) is 10.4. The van der Waals surface area contributed by atoms with Crippen LogP contribution in [0.25, 0.3) is 11.1 Å². The number of rotatable bonds is 6. The topological polar surface area (TPSA) is 73.5 Å². The number of methoxy groups -OCH3 is 1. The number of halogens is 3. The van der Waals surface area contributed by atoms with Crippen LogP contribution in [0.15, 0.2) is 36.5 Å². The lowest BCUT2D eigenvalue weighted by molar-refractivity contribution is 0.238. The molecule has 1 aromatic heterocycles. The molecule has 0 spiro atoms. The van der Waals surface area contributed by atoms with E-state index < -0.39 is 29.7 Å². The van der Waals surface area contributed by atoms with E-state index in [0.29, 0.717) is 36.5 Å². The van der Waals surface area contributed by atoms with E-state index in [1.54, 1.807) is 12.1 Å². The van der Waals surface area contributed by atoms with Crippen molar-refractivity contribution in [2.24, 2.45) is 0 Å². The second-order valence-electron chi connectivity index (χ2n) is 8.15. The number of hydrogen-bond donors (Lipinski definition) is 2. The van der Waals surface area contributed by atoms with Crippen LogP contribution in [-0.2, 0) is 6.42 Å². The summed E-state index contributed by atoms with van der Waals surface area (Å²) in [7, 11) is 5.12. The SMILES string of the molecule is COc1cc(F)cc(C(CN(C)C)NC(=O)N2CCc3cc(-c4cn[nH]c4F)c(F)cc32)c1. The molecule has 2 heterocycles. The van der Waals surface area contributed by atoms with Gasteiger partial charge in [-0.15, -0.1) is 0 Å². The van der Waals surface area contributed by atoms with Crippen LogP contribution in [0.5, 0.6) is 5.75 Å². The summed E-state index contributed by atoms with van der Waals surface area (Å²) in [6.45, 7) is 0.741. The first-order valence-corrected chi connectivity index (χ1v) is 10.4. The molecule has 1 atom stereocenters. The Bertz CT molecular complexity index is 1180. The molecule has 1 unspecified atom stereocenters. The van der Waals surface area contributed by atoms with Gasteiger partial charge < -0.3 is 15.0 Å². The van der Waals surface area contributed by atoms with E-state index in [1.165, 1.54) is 36.4 Å². The molecule has 0 bridgehead atoms. The molecule has 1 aliphatic heterocycles. The van der Waals surface area contributed by atoms with Crippen molar-refractivity contribution in [1.82, 2.24) is 20.4 Å². The van der Waals surface area contributed by atoms with Gasteiger partial charge in [-0.05, 0) is 55.9 Å². The van der Waals surface area contributed by atoms with Crippen molar-refractivity contribution in [3.63, 3.8) is 0 Å². The molecule has 7 nitrogen and oxygen atoms in total. The zero-order chi connectivity index (χ0) is 23.7. The third-order valence-corrected chi connectivity index (χ3v) is 5.57. The first-order chi connectivity index (χ1) is 15.8. The fourth-order valence-electron chi connectivity index (χ4n) is 4.02. The van der Waals surface area contributed by atoms with Crippen LogP contribution in [-0.4, -0.2) is 55.4 Å². The molecule has 2 aromatic carbocycles. The summed E-state index contributed by atoms with van der Waals surface area (Å²) >= 11 is 0. The molecule has 0 saturated carbocycles. The number of nitrogens with one attached hydrogen (secondary N) is 2. The molecule has 4 rings (SSSR count). The number of aromatic amines is 1. The Kier molecular flexibility index (Phi) is 6.28. The molecule has 3 aromatic rings. The highest BCUT2D eigenvalue weighted by atomic mass is 19.1. The van der Waals surface area contributed by atoms with Gasteiger partial charge in [0, 0.05) is 24.7 Å². The van der Waals surface area contributed by atoms with Crippen molar-refractivity contribution in [2.45, 2.75) is 12.5 Å². The summed E-state index contributed by atoms with van der Waals surface area (Å²) < 4.78 is 47.9. The third kappa shape index (κ3) is 4.65. The van der Waals surface area contributed by atoms with Crippen molar-refractivity contribution in [3.8, 4) is 16.9 Å². The van der Waals surface area contributed by atoms with Crippen molar-refractivity contribution >= 4 is 11.7 Å². The van der Waals surface area contributed by atoms with Gasteiger partial charge >= 0.3 is 6.03 Å². The fraction of sp³-hybridized carbons (Fsp3) is 0.304. The van der Waals surface area contributed by atoms with E-state index in [4.69, 9.17) is 4.74 Å². The average Bonchev–Trinajstić information content (AvgIpc) is 3.37. The van der Waals surface area contributed by atoms with Gasteiger partial charge in [0.2, 0.25) is 5.95 Å². The Morgan fingerprint density at radius 1 is 1.21 bits per heavy atom. The molecule has 0 aliphatic carbocycles. The Morgan fingerprint density at radius 3 is 2.67 bits per heavy atom. The minimum absolute atomic E-state index is 0.0318. The third-order valence-electron chi connectivity index (χ3n) is 5.57. The Morgan fingerprint density at radius 2 is 2.00 bits per heavy atom. The molecule has 174 valence electrons. The van der Waals surface area contributed by atoms with E-state index in [0.717, 1.165) is 5.56 Å². The van der Waals surface area contributed by atoms with Crippen LogP contribution in [0.3, 0.4) is 0 Å². The number of anilines is 1. The number of aromatic nitrogens is 2. The number of likely N-dealkylation sites (N-methyl/N-ethyl adjacent to an activating group) is 1. The molecule has 1 aliphatic rings.